The van der Waals surface area contributed by atoms with Crippen LogP contribution >= 0.6 is 0 Å². The van der Waals surface area contributed by atoms with Crippen molar-refractivity contribution in [2.24, 2.45) is 11.8 Å². The molecule has 0 bridgehead atoms. The summed E-state index contributed by atoms with van der Waals surface area (Å²) in [5, 5.41) is 0. The van der Waals surface area contributed by atoms with Crippen molar-refractivity contribution in [1.29, 1.82) is 0 Å². The molecule has 2 aromatic rings. The van der Waals surface area contributed by atoms with Crippen molar-refractivity contribution in [3.05, 3.63) is 53.9 Å². The standard InChI is InChI=1S/C26H35F2N/c1-2-3-4-5-6-7-20-8-10-21(11-9-20)12-13-22-14-16-23(17-15-22)24-18-25(27)26(28)29-19-24/h14-21H,2-13H2,1H3/t20-,21-. The normalized spacial score (nSPS) is 19.4. The van der Waals surface area contributed by atoms with Crippen molar-refractivity contribution in [2.75, 3.05) is 0 Å². The Morgan fingerprint density at radius 1 is 0.828 bits per heavy atom. The molecule has 0 N–H and O–H groups in total. The maximum atomic E-state index is 13.4. The molecule has 29 heavy (non-hydrogen) atoms. The van der Waals surface area contributed by atoms with Gasteiger partial charge in [0.1, 0.15) is 0 Å². The molecule has 1 aliphatic carbocycles. The van der Waals surface area contributed by atoms with E-state index in [2.05, 4.69) is 24.0 Å². The molecule has 0 saturated heterocycles. The zero-order valence-corrected chi connectivity index (χ0v) is 17.8. The van der Waals surface area contributed by atoms with Crippen molar-refractivity contribution >= 4 is 0 Å². The van der Waals surface area contributed by atoms with Gasteiger partial charge in [-0.05, 0) is 41.9 Å². The summed E-state index contributed by atoms with van der Waals surface area (Å²) in [4.78, 5) is 3.47. The first-order chi connectivity index (χ1) is 14.2. The Labute approximate surface area is 175 Å². The van der Waals surface area contributed by atoms with Gasteiger partial charge in [-0.1, -0.05) is 95.4 Å². The molecule has 0 atom stereocenters. The molecule has 1 heterocycles. The van der Waals surface area contributed by atoms with Crippen LogP contribution in [0.5, 0.6) is 0 Å². The largest absolute Gasteiger partial charge is 0.248 e. The lowest BCUT2D eigenvalue weighted by molar-refractivity contribution is 0.248. The van der Waals surface area contributed by atoms with Gasteiger partial charge in [0.2, 0.25) is 5.95 Å². The minimum absolute atomic E-state index is 0.614. The molecule has 1 aromatic heterocycles. The van der Waals surface area contributed by atoms with E-state index in [0.29, 0.717) is 5.56 Å². The summed E-state index contributed by atoms with van der Waals surface area (Å²) in [5.41, 5.74) is 2.81. The molecule has 1 aliphatic rings. The molecule has 0 radical (unpaired) electrons. The summed E-state index contributed by atoms with van der Waals surface area (Å²) in [6, 6.07) is 9.40. The van der Waals surface area contributed by atoms with E-state index in [1.807, 2.05) is 12.1 Å². The first-order valence-corrected chi connectivity index (χ1v) is 11.6. The molecule has 0 spiro atoms. The number of benzene rings is 1. The lowest BCUT2D eigenvalue weighted by Crippen LogP contribution is -2.15. The van der Waals surface area contributed by atoms with E-state index in [9.17, 15) is 8.78 Å². The Kier molecular flexibility index (Phi) is 8.64. The van der Waals surface area contributed by atoms with Crippen molar-refractivity contribution < 1.29 is 8.78 Å². The van der Waals surface area contributed by atoms with Gasteiger partial charge in [0.15, 0.2) is 5.82 Å². The minimum atomic E-state index is -1.04. The number of aryl methyl sites for hydroxylation is 1. The third kappa shape index (κ3) is 6.90. The second-order valence-electron chi connectivity index (χ2n) is 8.82. The maximum Gasteiger partial charge on any atom is 0.248 e. The third-order valence-corrected chi connectivity index (χ3v) is 6.61. The van der Waals surface area contributed by atoms with Crippen LogP contribution in [0.15, 0.2) is 36.5 Å². The predicted octanol–water partition coefficient (Wildman–Crippen LogP) is 8.13. The van der Waals surface area contributed by atoms with Crippen LogP contribution in [0, 0.1) is 23.6 Å². The van der Waals surface area contributed by atoms with Crippen LogP contribution < -0.4 is 0 Å². The number of hydrogen-bond acceptors (Lipinski definition) is 1. The van der Waals surface area contributed by atoms with Gasteiger partial charge in [-0.2, -0.15) is 4.39 Å². The molecule has 1 fully saturated rings. The van der Waals surface area contributed by atoms with Crippen LogP contribution in [-0.2, 0) is 6.42 Å². The van der Waals surface area contributed by atoms with Crippen LogP contribution in [0.2, 0.25) is 0 Å². The van der Waals surface area contributed by atoms with Gasteiger partial charge in [-0.3, -0.25) is 0 Å². The molecular formula is C26H35F2N. The molecule has 3 heteroatoms. The molecule has 1 nitrogen and oxygen atoms in total. The molecular weight excluding hydrogens is 364 g/mol. The first-order valence-electron chi connectivity index (χ1n) is 11.6. The molecule has 1 aromatic carbocycles. The highest BCUT2D eigenvalue weighted by Gasteiger charge is 2.20. The van der Waals surface area contributed by atoms with Gasteiger partial charge in [-0.25, -0.2) is 9.37 Å². The van der Waals surface area contributed by atoms with Crippen molar-refractivity contribution in [1.82, 2.24) is 4.98 Å². The minimum Gasteiger partial charge on any atom is -0.225 e. The molecule has 0 amide bonds. The number of nitrogens with zero attached hydrogens (tertiary/aromatic N) is 1. The smallest absolute Gasteiger partial charge is 0.225 e. The van der Waals surface area contributed by atoms with Crippen molar-refractivity contribution in [3.63, 3.8) is 0 Å². The van der Waals surface area contributed by atoms with Crippen LogP contribution in [0.25, 0.3) is 11.1 Å². The van der Waals surface area contributed by atoms with E-state index in [1.165, 1.54) is 88.5 Å². The SMILES string of the molecule is CCCCCCC[C@H]1CC[C@H](CCc2ccc(-c3cnc(F)c(F)c3)cc2)CC1. The van der Waals surface area contributed by atoms with Crippen LogP contribution in [0.1, 0.15) is 83.1 Å². The number of rotatable bonds is 10. The average molecular weight is 400 g/mol. The average Bonchev–Trinajstić information content (AvgIpc) is 2.75. The Hall–Kier alpha value is -1.77. The lowest BCUT2D eigenvalue weighted by Gasteiger charge is -2.28. The van der Waals surface area contributed by atoms with Gasteiger partial charge in [0.25, 0.3) is 0 Å². The third-order valence-electron chi connectivity index (χ3n) is 6.61. The Balaban J connectivity index is 1.38. The van der Waals surface area contributed by atoms with Gasteiger partial charge >= 0.3 is 0 Å². The molecule has 158 valence electrons. The van der Waals surface area contributed by atoms with E-state index in [1.54, 1.807) is 0 Å². The summed E-state index contributed by atoms with van der Waals surface area (Å²) < 4.78 is 26.4. The molecule has 1 saturated carbocycles. The Bertz CT molecular complexity index is 733. The molecule has 3 rings (SSSR count). The summed E-state index contributed by atoms with van der Waals surface area (Å²) in [6.07, 6.45) is 17.8. The van der Waals surface area contributed by atoms with Gasteiger partial charge in [0.05, 0.1) is 0 Å². The highest BCUT2D eigenvalue weighted by molar-refractivity contribution is 5.62. The first kappa shape index (κ1) is 21.9. The Morgan fingerprint density at radius 3 is 2.14 bits per heavy atom. The number of pyridine rings is 1. The number of hydrogen-bond donors (Lipinski definition) is 0. The van der Waals surface area contributed by atoms with Crippen molar-refractivity contribution in [3.8, 4) is 11.1 Å². The zero-order valence-electron chi connectivity index (χ0n) is 17.8. The van der Waals surface area contributed by atoms with Crippen molar-refractivity contribution in [2.45, 2.75) is 84.0 Å². The highest BCUT2D eigenvalue weighted by atomic mass is 19.2. The Morgan fingerprint density at radius 2 is 1.48 bits per heavy atom. The monoisotopic (exact) mass is 399 g/mol. The fraction of sp³-hybridized carbons (Fsp3) is 0.577. The van der Waals surface area contributed by atoms with Gasteiger partial charge < -0.3 is 0 Å². The van der Waals surface area contributed by atoms with E-state index < -0.39 is 11.8 Å². The fourth-order valence-corrected chi connectivity index (χ4v) is 4.66. The maximum absolute atomic E-state index is 13.4. The highest BCUT2D eigenvalue weighted by Crippen LogP contribution is 2.34. The van der Waals surface area contributed by atoms with Crippen LogP contribution in [-0.4, -0.2) is 4.98 Å². The van der Waals surface area contributed by atoms with Gasteiger partial charge in [0, 0.05) is 11.8 Å². The van der Waals surface area contributed by atoms with E-state index in [0.717, 1.165) is 23.8 Å². The lowest BCUT2D eigenvalue weighted by atomic mass is 9.77. The van der Waals surface area contributed by atoms with E-state index in [4.69, 9.17) is 0 Å². The van der Waals surface area contributed by atoms with E-state index in [-0.39, 0.29) is 0 Å². The zero-order chi connectivity index (χ0) is 20.5. The fourth-order valence-electron chi connectivity index (χ4n) is 4.66. The predicted molar refractivity (Wildman–Crippen MR) is 117 cm³/mol. The quantitative estimate of drug-likeness (QED) is 0.290. The van der Waals surface area contributed by atoms with E-state index >= 15 is 0 Å². The second kappa shape index (κ2) is 11.4. The summed E-state index contributed by atoms with van der Waals surface area (Å²) >= 11 is 0. The second-order valence-corrected chi connectivity index (χ2v) is 8.82. The van der Waals surface area contributed by atoms with Gasteiger partial charge in [-0.15, -0.1) is 0 Å². The summed E-state index contributed by atoms with van der Waals surface area (Å²) in [7, 11) is 0. The topological polar surface area (TPSA) is 12.9 Å². The number of unbranched alkanes of at least 4 members (excludes halogenated alkanes) is 4. The summed E-state index contributed by atoms with van der Waals surface area (Å²) in [5.74, 6) is -0.113. The van der Waals surface area contributed by atoms with Crippen LogP contribution in [0.3, 0.4) is 0 Å². The summed E-state index contributed by atoms with van der Waals surface area (Å²) in [6.45, 7) is 2.28. The number of aromatic nitrogens is 1. The molecule has 0 aliphatic heterocycles. The van der Waals surface area contributed by atoms with Crippen LogP contribution in [0.4, 0.5) is 8.78 Å². The number of halogens is 2. The molecule has 0 unspecified atom stereocenters.